The topological polar surface area (TPSA) is 226 Å². The Balaban J connectivity index is 2.62. The largest absolute Gasteiger partial charge is 0.445 e. The summed E-state index contributed by atoms with van der Waals surface area (Å²) < 4.78 is 21.8. The molecule has 2 atom stereocenters. The SMILES string of the molecule is CC(C)[C@@H](NC(=O)CCOCCCC(=O)C(C)(C)C)C(=O)N[C@H](CCCNC(N)=O)C(=O)Nc1ccc(COC(=O)NCCOCCOCCC(C)(C)C)cc1. The summed E-state index contributed by atoms with van der Waals surface area (Å²) in [6.45, 7) is 18.5. The molecule has 0 spiro atoms. The highest BCUT2D eigenvalue weighted by Crippen LogP contribution is 2.18. The summed E-state index contributed by atoms with van der Waals surface area (Å²) >= 11 is 0. The maximum atomic E-state index is 13.4. The summed E-state index contributed by atoms with van der Waals surface area (Å²) in [5.74, 6) is -1.61. The number of benzene rings is 1. The van der Waals surface area contributed by atoms with Crippen LogP contribution in [0.15, 0.2) is 24.3 Å². The fraction of sp³-hybridized carbons (Fsp3) is 0.700. The van der Waals surface area contributed by atoms with E-state index >= 15 is 0 Å². The molecule has 6 amide bonds. The molecule has 0 aliphatic rings. The van der Waals surface area contributed by atoms with E-state index in [1.54, 1.807) is 38.1 Å². The Morgan fingerprint density at radius 3 is 1.96 bits per heavy atom. The van der Waals surface area contributed by atoms with Crippen LogP contribution < -0.4 is 32.3 Å². The summed E-state index contributed by atoms with van der Waals surface area (Å²) in [5, 5.41) is 13.4. The second-order valence-corrected chi connectivity index (χ2v) is 16.1. The third kappa shape index (κ3) is 24.3. The minimum atomic E-state index is -1.01. The van der Waals surface area contributed by atoms with Crippen molar-refractivity contribution >= 4 is 41.3 Å². The number of carbonyl (C=O) groups excluding carboxylic acids is 6. The molecule has 0 fully saturated rings. The van der Waals surface area contributed by atoms with Crippen LogP contribution in [0, 0.1) is 16.7 Å². The second kappa shape index (κ2) is 26.6. The standard InChI is InChI=1S/C40H68N6O10/c1-28(2)34(46-33(48)17-22-53-21-10-12-32(47)40(6,7)8)36(50)45-31(11-9-19-42-37(41)51)35(49)44-30-15-13-29(14-16-30)27-56-38(52)43-20-24-55-26-25-54-23-18-39(3,4)5/h13-16,28,31,34H,9-12,17-27H2,1-8H3,(H,43,52)(H,44,49)(H,45,50)(H,46,48)(H3,41,42,51)/t31-,34-/m1/s1. The molecule has 0 aliphatic heterocycles. The van der Waals surface area contributed by atoms with Crippen molar-refractivity contribution in [3.8, 4) is 0 Å². The van der Waals surface area contributed by atoms with Gasteiger partial charge in [0.25, 0.3) is 0 Å². The number of amides is 6. The number of alkyl carbamates (subject to hydrolysis) is 1. The smallest absolute Gasteiger partial charge is 0.407 e. The first kappa shape index (κ1) is 49.7. The Morgan fingerprint density at radius 2 is 1.36 bits per heavy atom. The lowest BCUT2D eigenvalue weighted by Crippen LogP contribution is -2.54. The van der Waals surface area contributed by atoms with Gasteiger partial charge in [0.05, 0.1) is 26.4 Å². The molecule has 1 aromatic carbocycles. The maximum absolute atomic E-state index is 13.4. The molecule has 0 heterocycles. The lowest BCUT2D eigenvalue weighted by atomic mass is 9.88. The molecule has 0 saturated carbocycles. The number of nitrogens with two attached hydrogens (primary N) is 1. The van der Waals surface area contributed by atoms with E-state index in [1.165, 1.54) is 0 Å². The van der Waals surface area contributed by atoms with Crippen molar-refractivity contribution in [2.24, 2.45) is 22.5 Å². The van der Waals surface area contributed by atoms with E-state index in [2.05, 4.69) is 47.4 Å². The zero-order chi connectivity index (χ0) is 42.1. The fourth-order valence-electron chi connectivity index (χ4n) is 4.84. The molecular weight excluding hydrogens is 724 g/mol. The van der Waals surface area contributed by atoms with Crippen LogP contribution in [0.25, 0.3) is 0 Å². The number of carbonyl (C=O) groups is 6. The summed E-state index contributed by atoms with van der Waals surface area (Å²) in [4.78, 5) is 74.9. The maximum Gasteiger partial charge on any atom is 0.407 e. The fourth-order valence-corrected chi connectivity index (χ4v) is 4.84. The highest BCUT2D eigenvalue weighted by molar-refractivity contribution is 5.98. The number of ketones is 1. The van der Waals surface area contributed by atoms with Gasteiger partial charge in [-0.3, -0.25) is 19.2 Å². The number of ether oxygens (including phenoxy) is 4. The number of nitrogens with one attached hydrogen (secondary N) is 5. The van der Waals surface area contributed by atoms with Gasteiger partial charge in [0.15, 0.2) is 0 Å². The Labute approximate surface area is 332 Å². The minimum Gasteiger partial charge on any atom is -0.445 e. The van der Waals surface area contributed by atoms with Crippen LogP contribution in [0.2, 0.25) is 0 Å². The van der Waals surface area contributed by atoms with Gasteiger partial charge >= 0.3 is 12.1 Å². The predicted octanol–water partition coefficient (Wildman–Crippen LogP) is 4.20. The number of primary amides is 1. The van der Waals surface area contributed by atoms with Gasteiger partial charge in [-0.15, -0.1) is 0 Å². The minimum absolute atomic E-state index is 0.000963. The van der Waals surface area contributed by atoms with E-state index in [9.17, 15) is 28.8 Å². The number of rotatable bonds is 27. The number of anilines is 1. The van der Waals surface area contributed by atoms with Gasteiger partial charge in [0.2, 0.25) is 17.7 Å². The van der Waals surface area contributed by atoms with Gasteiger partial charge in [-0.1, -0.05) is 67.5 Å². The van der Waals surface area contributed by atoms with Crippen molar-refractivity contribution in [1.82, 2.24) is 21.3 Å². The van der Waals surface area contributed by atoms with Gasteiger partial charge in [-0.05, 0) is 54.7 Å². The summed E-state index contributed by atoms with van der Waals surface area (Å²) in [6.07, 6.45) is 1.82. The van der Waals surface area contributed by atoms with Crippen molar-refractivity contribution < 1.29 is 47.7 Å². The quantitative estimate of drug-likeness (QED) is 0.0697. The molecule has 0 unspecified atom stereocenters. The first-order valence-corrected chi connectivity index (χ1v) is 19.5. The van der Waals surface area contributed by atoms with E-state index in [1.807, 2.05) is 20.8 Å². The van der Waals surface area contributed by atoms with Gasteiger partial charge in [-0.25, -0.2) is 9.59 Å². The summed E-state index contributed by atoms with van der Waals surface area (Å²) in [5.41, 5.74) is 6.10. The van der Waals surface area contributed by atoms with Crippen molar-refractivity contribution in [3.63, 3.8) is 0 Å². The average Bonchev–Trinajstić information content (AvgIpc) is 3.10. The normalized spacial score (nSPS) is 12.7. The van der Waals surface area contributed by atoms with Crippen molar-refractivity contribution in [3.05, 3.63) is 29.8 Å². The summed E-state index contributed by atoms with van der Waals surface area (Å²) in [7, 11) is 0. The van der Waals surface area contributed by atoms with E-state index in [-0.39, 0.29) is 56.3 Å². The first-order valence-electron chi connectivity index (χ1n) is 19.5. The van der Waals surface area contributed by atoms with E-state index in [0.717, 1.165) is 6.42 Å². The molecule has 7 N–H and O–H groups in total. The van der Waals surface area contributed by atoms with Crippen LogP contribution in [0.4, 0.5) is 15.3 Å². The molecule has 16 nitrogen and oxygen atoms in total. The molecule has 1 aromatic rings. The van der Waals surface area contributed by atoms with Gasteiger partial charge in [0.1, 0.15) is 24.5 Å². The van der Waals surface area contributed by atoms with Crippen molar-refractivity contribution in [1.29, 1.82) is 0 Å². The molecule has 0 radical (unpaired) electrons. The van der Waals surface area contributed by atoms with Crippen LogP contribution in [0.5, 0.6) is 0 Å². The molecule has 56 heavy (non-hydrogen) atoms. The Kier molecular flexibility index (Phi) is 23.6. The van der Waals surface area contributed by atoms with Crippen LogP contribution in [0.1, 0.15) is 99.5 Å². The zero-order valence-corrected chi connectivity index (χ0v) is 34.8. The Bertz CT molecular complexity index is 1360. The second-order valence-electron chi connectivity index (χ2n) is 16.1. The highest BCUT2D eigenvalue weighted by Gasteiger charge is 2.29. The van der Waals surface area contributed by atoms with E-state index < -0.39 is 47.3 Å². The van der Waals surface area contributed by atoms with Crippen molar-refractivity contribution in [2.45, 2.75) is 113 Å². The Morgan fingerprint density at radius 1 is 0.714 bits per heavy atom. The average molecular weight is 793 g/mol. The van der Waals surface area contributed by atoms with Crippen LogP contribution in [-0.2, 0) is 44.7 Å². The first-order chi connectivity index (χ1) is 26.3. The molecule has 0 bridgehead atoms. The molecule has 0 saturated heterocycles. The predicted molar refractivity (Wildman–Crippen MR) is 214 cm³/mol. The Hall–Kier alpha value is -4.28. The number of hydrogen-bond donors (Lipinski definition) is 6. The van der Waals surface area contributed by atoms with Gasteiger partial charge in [-0.2, -0.15) is 0 Å². The zero-order valence-electron chi connectivity index (χ0n) is 34.8. The monoisotopic (exact) mass is 792 g/mol. The van der Waals surface area contributed by atoms with E-state index in [4.69, 9.17) is 24.7 Å². The third-order valence-corrected chi connectivity index (χ3v) is 8.35. The molecule has 0 aliphatic carbocycles. The number of hydrogen-bond acceptors (Lipinski definition) is 10. The van der Waals surface area contributed by atoms with Crippen molar-refractivity contribution in [2.75, 3.05) is 58.0 Å². The van der Waals surface area contributed by atoms with Gasteiger partial charge in [0, 0.05) is 50.2 Å². The molecule has 318 valence electrons. The molecule has 16 heteroatoms. The molecular formula is C40H68N6O10. The molecule has 0 aromatic heterocycles. The number of urea groups is 1. The van der Waals surface area contributed by atoms with Crippen LogP contribution in [0.3, 0.4) is 0 Å². The van der Waals surface area contributed by atoms with Crippen LogP contribution in [-0.4, -0.2) is 100 Å². The number of Topliss-reactive ketones (excluding diaryl/α,β-unsaturated/α-hetero) is 1. The molecule has 1 rings (SSSR count). The van der Waals surface area contributed by atoms with Gasteiger partial charge < -0.3 is 51.3 Å². The lowest BCUT2D eigenvalue weighted by molar-refractivity contribution is -0.132. The van der Waals surface area contributed by atoms with E-state index in [0.29, 0.717) is 63.5 Å². The van der Waals surface area contributed by atoms with Crippen LogP contribution >= 0.6 is 0 Å². The lowest BCUT2D eigenvalue weighted by Gasteiger charge is -2.25. The highest BCUT2D eigenvalue weighted by atomic mass is 16.5. The summed E-state index contributed by atoms with van der Waals surface area (Å²) in [6, 6.07) is 4.01. The third-order valence-electron chi connectivity index (χ3n) is 8.35.